The second kappa shape index (κ2) is 4.55. The number of nitrogens with one attached hydrogen (secondary N) is 1. The van der Waals surface area contributed by atoms with Crippen molar-refractivity contribution in [1.29, 1.82) is 0 Å². The molecule has 0 spiro atoms. The van der Waals surface area contributed by atoms with Crippen molar-refractivity contribution in [2.75, 3.05) is 26.2 Å². The minimum Gasteiger partial charge on any atom is -0.449 e. The Balaban J connectivity index is 1.67. The second-order valence-corrected chi connectivity index (χ2v) is 4.58. The number of hydrogen-bond donors (Lipinski definition) is 1. The molecule has 4 nitrogen and oxygen atoms in total. The molecule has 1 N–H and O–H groups in total. The zero-order valence-electron chi connectivity index (χ0n) is 10.1. The van der Waals surface area contributed by atoms with Gasteiger partial charge in [-0.2, -0.15) is 0 Å². The molecule has 2 aliphatic heterocycles. The third kappa shape index (κ3) is 2.10. The highest BCUT2D eigenvalue weighted by Crippen LogP contribution is 2.35. The van der Waals surface area contributed by atoms with Gasteiger partial charge in [0.05, 0.1) is 6.04 Å². The van der Waals surface area contributed by atoms with E-state index >= 15 is 0 Å². The molecular formula is C13H18N2O2. The minimum atomic E-state index is -0.175. The third-order valence-electron chi connectivity index (χ3n) is 3.46. The van der Waals surface area contributed by atoms with Crippen LogP contribution in [0.25, 0.3) is 0 Å². The Hall–Kier alpha value is -1.26. The maximum Gasteiger partial charge on any atom is 0.256 e. The van der Waals surface area contributed by atoms with Crippen molar-refractivity contribution in [3.8, 4) is 11.5 Å². The average molecular weight is 234 g/mol. The summed E-state index contributed by atoms with van der Waals surface area (Å²) in [6.45, 7) is 6.37. The monoisotopic (exact) mass is 234 g/mol. The third-order valence-corrected chi connectivity index (χ3v) is 3.46. The molecule has 0 saturated carbocycles. The lowest BCUT2D eigenvalue weighted by Gasteiger charge is -2.34. The van der Waals surface area contributed by atoms with E-state index in [9.17, 15) is 0 Å². The van der Waals surface area contributed by atoms with Crippen LogP contribution in [0, 0.1) is 0 Å². The molecule has 1 atom stereocenters. The van der Waals surface area contributed by atoms with E-state index in [1.54, 1.807) is 0 Å². The summed E-state index contributed by atoms with van der Waals surface area (Å²) in [4.78, 5) is 2.41. The highest BCUT2D eigenvalue weighted by molar-refractivity contribution is 5.41. The summed E-state index contributed by atoms with van der Waals surface area (Å²) in [6.07, 6.45) is -0.175. The van der Waals surface area contributed by atoms with Gasteiger partial charge in [0.1, 0.15) is 0 Å². The number of ether oxygens (including phenoxy) is 2. The lowest BCUT2D eigenvalue weighted by Crippen LogP contribution is -2.53. The van der Waals surface area contributed by atoms with E-state index in [2.05, 4.69) is 17.1 Å². The van der Waals surface area contributed by atoms with Crippen molar-refractivity contribution in [3.63, 3.8) is 0 Å². The molecule has 1 fully saturated rings. The van der Waals surface area contributed by atoms with Crippen LogP contribution in [0.2, 0.25) is 0 Å². The first-order valence-electron chi connectivity index (χ1n) is 6.22. The normalized spacial score (nSPS) is 22.6. The summed E-state index contributed by atoms with van der Waals surface area (Å²) in [6, 6.07) is 8.14. The van der Waals surface area contributed by atoms with Crippen LogP contribution in [0.1, 0.15) is 6.92 Å². The Morgan fingerprint density at radius 2 is 1.76 bits per heavy atom. The Labute approximate surface area is 102 Å². The van der Waals surface area contributed by atoms with Crippen LogP contribution in [0.5, 0.6) is 11.5 Å². The second-order valence-electron chi connectivity index (χ2n) is 4.58. The zero-order valence-corrected chi connectivity index (χ0v) is 10.1. The largest absolute Gasteiger partial charge is 0.449 e. The van der Waals surface area contributed by atoms with E-state index in [0.717, 1.165) is 37.7 Å². The van der Waals surface area contributed by atoms with E-state index in [1.807, 2.05) is 24.3 Å². The van der Waals surface area contributed by atoms with Crippen LogP contribution < -0.4 is 14.8 Å². The molecule has 0 aliphatic carbocycles. The first-order valence-corrected chi connectivity index (χ1v) is 6.22. The number of hydrogen-bond acceptors (Lipinski definition) is 4. The standard InChI is InChI=1S/C13H18N2O2/c1-10(15-8-6-14-7-9-15)13-16-11-4-2-3-5-12(11)17-13/h2-5,10,13-14H,6-9H2,1H3/t10-/m0/s1. The lowest BCUT2D eigenvalue weighted by molar-refractivity contribution is -0.0296. The molecule has 92 valence electrons. The predicted octanol–water partition coefficient (Wildman–Crippen LogP) is 1.08. The molecule has 3 rings (SSSR count). The summed E-state index contributed by atoms with van der Waals surface area (Å²) in [5, 5.41) is 3.35. The Bertz CT molecular complexity index is 366. The summed E-state index contributed by atoms with van der Waals surface area (Å²) < 4.78 is 11.7. The van der Waals surface area contributed by atoms with E-state index < -0.39 is 0 Å². The Kier molecular flexibility index (Phi) is 2.91. The zero-order chi connectivity index (χ0) is 11.7. The molecule has 1 aromatic rings. The van der Waals surface area contributed by atoms with Crippen molar-refractivity contribution in [1.82, 2.24) is 10.2 Å². The Morgan fingerprint density at radius 3 is 2.35 bits per heavy atom. The van der Waals surface area contributed by atoms with Crippen LogP contribution in [-0.4, -0.2) is 43.4 Å². The minimum absolute atomic E-state index is 0.175. The topological polar surface area (TPSA) is 33.7 Å². The SMILES string of the molecule is C[C@@H](C1Oc2ccccc2O1)N1CCNCC1. The highest BCUT2D eigenvalue weighted by Gasteiger charge is 2.32. The molecule has 0 radical (unpaired) electrons. The molecular weight excluding hydrogens is 216 g/mol. The molecule has 2 heterocycles. The fourth-order valence-electron chi connectivity index (χ4n) is 2.38. The molecule has 0 amide bonds. The first kappa shape index (κ1) is 10.9. The maximum atomic E-state index is 5.84. The van der Waals surface area contributed by atoms with Gasteiger partial charge in [0.2, 0.25) is 0 Å². The average Bonchev–Trinajstić information content (AvgIpc) is 2.82. The highest BCUT2D eigenvalue weighted by atomic mass is 16.7. The van der Waals surface area contributed by atoms with E-state index in [-0.39, 0.29) is 12.3 Å². The van der Waals surface area contributed by atoms with Crippen molar-refractivity contribution in [2.45, 2.75) is 19.3 Å². The number of rotatable bonds is 2. The van der Waals surface area contributed by atoms with Gasteiger partial charge in [0, 0.05) is 26.2 Å². The number of piperazine rings is 1. The smallest absolute Gasteiger partial charge is 0.256 e. The summed E-state index contributed by atoms with van der Waals surface area (Å²) in [7, 11) is 0. The molecule has 0 unspecified atom stereocenters. The summed E-state index contributed by atoms with van der Waals surface area (Å²) in [5.41, 5.74) is 0. The van der Waals surface area contributed by atoms with E-state index in [4.69, 9.17) is 9.47 Å². The fraction of sp³-hybridized carbons (Fsp3) is 0.538. The van der Waals surface area contributed by atoms with Gasteiger partial charge in [-0.3, -0.25) is 4.90 Å². The van der Waals surface area contributed by atoms with Gasteiger partial charge in [-0.15, -0.1) is 0 Å². The summed E-state index contributed by atoms with van der Waals surface area (Å²) in [5.74, 6) is 1.72. The van der Waals surface area contributed by atoms with Crippen molar-refractivity contribution >= 4 is 0 Å². The van der Waals surface area contributed by atoms with Gasteiger partial charge in [0.15, 0.2) is 11.5 Å². The number of nitrogens with zero attached hydrogens (tertiary/aromatic N) is 1. The Morgan fingerprint density at radius 1 is 1.18 bits per heavy atom. The fourth-order valence-corrected chi connectivity index (χ4v) is 2.38. The lowest BCUT2D eigenvalue weighted by atomic mass is 10.2. The van der Waals surface area contributed by atoms with Crippen molar-refractivity contribution in [2.24, 2.45) is 0 Å². The van der Waals surface area contributed by atoms with Crippen molar-refractivity contribution < 1.29 is 9.47 Å². The van der Waals surface area contributed by atoms with Crippen LogP contribution in [-0.2, 0) is 0 Å². The van der Waals surface area contributed by atoms with Crippen molar-refractivity contribution in [3.05, 3.63) is 24.3 Å². The van der Waals surface area contributed by atoms with Crippen LogP contribution >= 0.6 is 0 Å². The van der Waals surface area contributed by atoms with Crippen LogP contribution in [0.4, 0.5) is 0 Å². The van der Waals surface area contributed by atoms with Gasteiger partial charge in [-0.05, 0) is 19.1 Å². The predicted molar refractivity (Wildman–Crippen MR) is 65.4 cm³/mol. The molecule has 2 aliphatic rings. The number of benzene rings is 1. The molecule has 0 aromatic heterocycles. The molecule has 1 saturated heterocycles. The maximum absolute atomic E-state index is 5.84. The van der Waals surface area contributed by atoms with Gasteiger partial charge >= 0.3 is 0 Å². The molecule has 4 heteroatoms. The number of fused-ring (bicyclic) bond motifs is 1. The first-order chi connectivity index (χ1) is 8.34. The van der Waals surface area contributed by atoms with E-state index in [0.29, 0.717) is 0 Å². The van der Waals surface area contributed by atoms with Gasteiger partial charge < -0.3 is 14.8 Å². The quantitative estimate of drug-likeness (QED) is 0.830. The van der Waals surface area contributed by atoms with Gasteiger partial charge in [0.25, 0.3) is 6.29 Å². The van der Waals surface area contributed by atoms with Gasteiger partial charge in [-0.1, -0.05) is 12.1 Å². The number of para-hydroxylation sites is 2. The van der Waals surface area contributed by atoms with Crippen LogP contribution in [0.15, 0.2) is 24.3 Å². The van der Waals surface area contributed by atoms with Crippen LogP contribution in [0.3, 0.4) is 0 Å². The molecule has 1 aromatic carbocycles. The molecule has 17 heavy (non-hydrogen) atoms. The molecule has 0 bridgehead atoms. The van der Waals surface area contributed by atoms with Gasteiger partial charge in [-0.25, -0.2) is 0 Å². The summed E-state index contributed by atoms with van der Waals surface area (Å²) >= 11 is 0. The van der Waals surface area contributed by atoms with E-state index in [1.165, 1.54) is 0 Å².